The number of carbonyl (C=O) groups is 1. The quantitative estimate of drug-likeness (QED) is 0.299. The largest absolute Gasteiger partial charge is 0.507 e. The Morgan fingerprint density at radius 2 is 1.86 bits per heavy atom. The van der Waals surface area contributed by atoms with Crippen LogP contribution >= 0.6 is 0 Å². The third kappa shape index (κ3) is 3.27. The number of hydrogen-bond donors (Lipinski definition) is 4. The van der Waals surface area contributed by atoms with E-state index in [4.69, 9.17) is 10.9 Å². The SMILES string of the molecule is N/C(=N/O)c1ccc(NC(=O)c2ccc(F)cc2O)cc1. The van der Waals surface area contributed by atoms with Gasteiger partial charge in [-0.15, -0.1) is 0 Å². The minimum Gasteiger partial charge on any atom is -0.507 e. The molecule has 0 aliphatic heterocycles. The molecule has 0 unspecified atom stereocenters. The lowest BCUT2D eigenvalue weighted by atomic mass is 10.1. The van der Waals surface area contributed by atoms with Gasteiger partial charge in [0.1, 0.15) is 11.6 Å². The van der Waals surface area contributed by atoms with Crippen molar-refractivity contribution in [3.8, 4) is 5.75 Å². The Kier molecular flexibility index (Phi) is 4.03. The summed E-state index contributed by atoms with van der Waals surface area (Å²) in [5.41, 5.74) is 6.30. The first-order valence-electron chi connectivity index (χ1n) is 5.89. The number of halogens is 1. The second kappa shape index (κ2) is 5.91. The Morgan fingerprint density at radius 3 is 2.43 bits per heavy atom. The zero-order valence-corrected chi connectivity index (χ0v) is 10.7. The molecule has 0 aliphatic carbocycles. The van der Waals surface area contributed by atoms with Crippen LogP contribution in [0.5, 0.6) is 5.75 Å². The predicted molar refractivity (Wildman–Crippen MR) is 75.0 cm³/mol. The lowest BCUT2D eigenvalue weighted by molar-refractivity contribution is 0.102. The van der Waals surface area contributed by atoms with Gasteiger partial charge in [0.25, 0.3) is 5.91 Å². The summed E-state index contributed by atoms with van der Waals surface area (Å²) in [7, 11) is 0. The molecule has 2 rings (SSSR count). The van der Waals surface area contributed by atoms with Gasteiger partial charge in [-0.1, -0.05) is 5.16 Å². The molecule has 7 heteroatoms. The molecule has 0 spiro atoms. The maximum atomic E-state index is 12.9. The fourth-order valence-corrected chi connectivity index (χ4v) is 1.68. The van der Waals surface area contributed by atoms with Gasteiger partial charge in [0, 0.05) is 17.3 Å². The van der Waals surface area contributed by atoms with E-state index in [1.165, 1.54) is 6.07 Å². The Labute approximate surface area is 119 Å². The van der Waals surface area contributed by atoms with Crippen molar-refractivity contribution < 1.29 is 19.5 Å². The van der Waals surface area contributed by atoms with Crippen LogP contribution < -0.4 is 11.1 Å². The summed E-state index contributed by atoms with van der Waals surface area (Å²) in [6.45, 7) is 0. The van der Waals surface area contributed by atoms with Crippen LogP contribution in [-0.2, 0) is 0 Å². The standard InChI is InChI=1S/C14H12FN3O3/c15-9-3-6-11(12(19)7-9)14(20)17-10-4-1-8(2-5-10)13(16)18-21/h1-7,19,21H,(H2,16,18)(H,17,20). The second-order valence-electron chi connectivity index (χ2n) is 4.18. The second-order valence-corrected chi connectivity index (χ2v) is 4.18. The van der Waals surface area contributed by atoms with Gasteiger partial charge in [-0.25, -0.2) is 4.39 Å². The fourth-order valence-electron chi connectivity index (χ4n) is 1.68. The van der Waals surface area contributed by atoms with E-state index in [9.17, 15) is 14.3 Å². The highest BCUT2D eigenvalue weighted by Crippen LogP contribution is 2.20. The summed E-state index contributed by atoms with van der Waals surface area (Å²) in [6.07, 6.45) is 0. The van der Waals surface area contributed by atoms with Crippen LogP contribution in [0.25, 0.3) is 0 Å². The van der Waals surface area contributed by atoms with Gasteiger partial charge in [0.2, 0.25) is 0 Å². The van der Waals surface area contributed by atoms with Gasteiger partial charge in [-0.2, -0.15) is 0 Å². The number of phenolic OH excluding ortho intramolecular Hbond substituents is 1. The van der Waals surface area contributed by atoms with Crippen LogP contribution in [0, 0.1) is 5.82 Å². The molecule has 0 bridgehead atoms. The van der Waals surface area contributed by atoms with E-state index < -0.39 is 17.5 Å². The monoisotopic (exact) mass is 289 g/mol. The van der Waals surface area contributed by atoms with Crippen molar-refractivity contribution in [3.63, 3.8) is 0 Å². The number of nitrogens with one attached hydrogen (secondary N) is 1. The van der Waals surface area contributed by atoms with Gasteiger partial charge in [-0.3, -0.25) is 4.79 Å². The van der Waals surface area contributed by atoms with Crippen LogP contribution in [0.1, 0.15) is 15.9 Å². The topological polar surface area (TPSA) is 108 Å². The highest BCUT2D eigenvalue weighted by atomic mass is 19.1. The number of rotatable bonds is 3. The molecular weight excluding hydrogens is 277 g/mol. The summed E-state index contributed by atoms with van der Waals surface area (Å²) >= 11 is 0. The lowest BCUT2D eigenvalue weighted by Gasteiger charge is -2.07. The van der Waals surface area contributed by atoms with E-state index in [0.29, 0.717) is 11.3 Å². The molecule has 0 atom stereocenters. The van der Waals surface area contributed by atoms with E-state index in [0.717, 1.165) is 12.1 Å². The molecule has 2 aromatic carbocycles. The molecule has 0 aromatic heterocycles. The molecule has 5 N–H and O–H groups in total. The van der Waals surface area contributed by atoms with Crippen molar-refractivity contribution in [1.82, 2.24) is 0 Å². The Morgan fingerprint density at radius 1 is 1.19 bits per heavy atom. The minimum absolute atomic E-state index is 0.0445. The Hall–Kier alpha value is -3.09. The van der Waals surface area contributed by atoms with Gasteiger partial charge in [0.15, 0.2) is 5.84 Å². The first-order valence-corrected chi connectivity index (χ1v) is 5.89. The first-order chi connectivity index (χ1) is 10.0. The molecule has 0 radical (unpaired) electrons. The molecule has 2 aromatic rings. The molecule has 21 heavy (non-hydrogen) atoms. The minimum atomic E-state index is -0.632. The highest BCUT2D eigenvalue weighted by Gasteiger charge is 2.12. The van der Waals surface area contributed by atoms with Crippen molar-refractivity contribution in [2.24, 2.45) is 10.9 Å². The molecule has 1 amide bonds. The third-order valence-electron chi connectivity index (χ3n) is 2.75. The van der Waals surface area contributed by atoms with Crippen LogP contribution in [0.2, 0.25) is 0 Å². The van der Waals surface area contributed by atoms with E-state index in [1.807, 2.05) is 0 Å². The predicted octanol–water partition coefficient (Wildman–Crippen LogP) is 1.88. The number of amides is 1. The van der Waals surface area contributed by atoms with Crippen molar-refractivity contribution in [1.29, 1.82) is 0 Å². The van der Waals surface area contributed by atoms with Crippen LogP contribution in [0.15, 0.2) is 47.6 Å². The van der Waals surface area contributed by atoms with Crippen molar-refractivity contribution in [2.75, 3.05) is 5.32 Å². The summed E-state index contributed by atoms with van der Waals surface area (Å²) in [5, 5.41) is 23.5. The average Bonchev–Trinajstić information content (AvgIpc) is 2.47. The molecule has 0 aliphatic rings. The average molecular weight is 289 g/mol. The summed E-state index contributed by atoms with van der Waals surface area (Å²) < 4.78 is 12.9. The van der Waals surface area contributed by atoms with Crippen molar-refractivity contribution in [3.05, 3.63) is 59.4 Å². The molecule has 0 fully saturated rings. The van der Waals surface area contributed by atoms with Gasteiger partial charge >= 0.3 is 0 Å². The summed E-state index contributed by atoms with van der Waals surface area (Å²) in [6, 6.07) is 9.32. The third-order valence-corrected chi connectivity index (χ3v) is 2.75. The summed E-state index contributed by atoms with van der Waals surface area (Å²) in [5.74, 6) is -1.71. The number of phenols is 1. The van der Waals surface area contributed by atoms with Crippen LogP contribution in [0.4, 0.5) is 10.1 Å². The molecule has 108 valence electrons. The van der Waals surface area contributed by atoms with E-state index in [-0.39, 0.29) is 11.4 Å². The number of nitrogens with two attached hydrogens (primary N) is 1. The fraction of sp³-hybridized carbons (Fsp3) is 0. The first kappa shape index (κ1) is 14.3. The van der Waals surface area contributed by atoms with Crippen LogP contribution in [0.3, 0.4) is 0 Å². The molecule has 0 saturated heterocycles. The van der Waals surface area contributed by atoms with Crippen molar-refractivity contribution >= 4 is 17.4 Å². The highest BCUT2D eigenvalue weighted by molar-refractivity contribution is 6.06. The zero-order chi connectivity index (χ0) is 15.4. The number of anilines is 1. The van der Waals surface area contributed by atoms with Gasteiger partial charge in [0.05, 0.1) is 5.56 Å². The van der Waals surface area contributed by atoms with E-state index in [2.05, 4.69) is 10.5 Å². The summed E-state index contributed by atoms with van der Waals surface area (Å²) in [4.78, 5) is 11.9. The number of nitrogens with zero attached hydrogens (tertiary/aromatic N) is 1. The number of hydrogen-bond acceptors (Lipinski definition) is 4. The maximum absolute atomic E-state index is 12.9. The normalized spacial score (nSPS) is 11.2. The van der Waals surface area contributed by atoms with E-state index in [1.54, 1.807) is 24.3 Å². The number of oxime groups is 1. The number of benzene rings is 2. The van der Waals surface area contributed by atoms with Crippen molar-refractivity contribution in [2.45, 2.75) is 0 Å². The number of amidine groups is 1. The Bertz CT molecular complexity index is 699. The molecule has 0 heterocycles. The van der Waals surface area contributed by atoms with Crippen LogP contribution in [-0.4, -0.2) is 22.1 Å². The van der Waals surface area contributed by atoms with Gasteiger partial charge < -0.3 is 21.4 Å². The van der Waals surface area contributed by atoms with Gasteiger partial charge in [-0.05, 0) is 36.4 Å². The zero-order valence-electron chi connectivity index (χ0n) is 10.7. The number of aromatic hydroxyl groups is 1. The lowest BCUT2D eigenvalue weighted by Crippen LogP contribution is -2.14. The smallest absolute Gasteiger partial charge is 0.259 e. The maximum Gasteiger partial charge on any atom is 0.259 e. The Balaban J connectivity index is 2.16. The molecule has 6 nitrogen and oxygen atoms in total. The molecule has 0 saturated carbocycles. The number of carbonyl (C=O) groups excluding carboxylic acids is 1. The molecular formula is C14H12FN3O3. The van der Waals surface area contributed by atoms with E-state index >= 15 is 0 Å².